The molecule has 0 aliphatic heterocycles. The van der Waals surface area contributed by atoms with Crippen molar-refractivity contribution >= 4 is 34.8 Å². The van der Waals surface area contributed by atoms with Gasteiger partial charge in [-0.15, -0.1) is 0 Å². The lowest BCUT2D eigenvalue weighted by atomic mass is 10.1. The van der Waals surface area contributed by atoms with E-state index in [1.54, 1.807) is 0 Å². The molecule has 0 amide bonds. The molecule has 0 fully saturated rings. The molecule has 14 heavy (non-hydrogen) atoms. The molecule has 0 aromatic heterocycles. The summed E-state index contributed by atoms with van der Waals surface area (Å²) in [7, 11) is 0. The third-order valence-corrected chi connectivity index (χ3v) is 2.49. The van der Waals surface area contributed by atoms with Gasteiger partial charge in [-0.1, -0.05) is 59.1 Å². The van der Waals surface area contributed by atoms with Gasteiger partial charge in [-0.3, -0.25) is 0 Å². The van der Waals surface area contributed by atoms with E-state index < -0.39 is 3.79 Å². The Morgan fingerprint density at radius 2 is 1.71 bits per heavy atom. The molecule has 1 nitrogen and oxygen atoms in total. The monoisotopic (exact) mass is 251 g/mol. The molecule has 1 aromatic carbocycles. The third kappa shape index (κ3) is 3.66. The molecule has 0 aliphatic rings. The first kappa shape index (κ1) is 12.1. The van der Waals surface area contributed by atoms with E-state index in [2.05, 4.69) is 0 Å². The number of halogens is 3. The van der Waals surface area contributed by atoms with Gasteiger partial charge in [0.05, 0.1) is 0 Å². The van der Waals surface area contributed by atoms with Crippen molar-refractivity contribution in [1.82, 2.24) is 0 Å². The predicted molar refractivity (Wildman–Crippen MR) is 63.0 cm³/mol. The Labute approximate surface area is 99.1 Å². The maximum absolute atomic E-state index is 5.72. The van der Waals surface area contributed by atoms with Crippen LogP contribution >= 0.6 is 34.8 Å². The zero-order valence-electron chi connectivity index (χ0n) is 7.81. The summed E-state index contributed by atoms with van der Waals surface area (Å²) in [5, 5.41) is 0. The minimum Gasteiger partial charge on any atom is -0.328 e. The number of benzene rings is 1. The van der Waals surface area contributed by atoms with Crippen molar-refractivity contribution < 1.29 is 0 Å². The van der Waals surface area contributed by atoms with Crippen LogP contribution in [0.3, 0.4) is 0 Å². The number of rotatable bonds is 2. The van der Waals surface area contributed by atoms with Crippen LogP contribution in [0.25, 0.3) is 0 Å². The van der Waals surface area contributed by atoms with Crippen LogP contribution in [0.15, 0.2) is 24.3 Å². The Morgan fingerprint density at radius 3 is 2.07 bits per heavy atom. The zero-order chi connectivity index (χ0) is 10.8. The fraction of sp³-hybridized carbons (Fsp3) is 0.400. The summed E-state index contributed by atoms with van der Waals surface area (Å²) in [5.74, 6) is 0. The minimum absolute atomic E-state index is 0.147. The van der Waals surface area contributed by atoms with Crippen LogP contribution in [0.4, 0.5) is 0 Å². The van der Waals surface area contributed by atoms with E-state index in [0.29, 0.717) is 5.56 Å². The standard InChI is InChI=1S/C10H12Cl3N/c1-7(14)6-8-2-4-9(5-3-8)10(11,12)13/h2-5,7H,6,14H2,1H3. The molecule has 1 atom stereocenters. The van der Waals surface area contributed by atoms with Crippen LogP contribution < -0.4 is 5.73 Å². The molecule has 0 heterocycles. The summed E-state index contributed by atoms with van der Waals surface area (Å²) in [5.41, 5.74) is 7.50. The first-order valence-corrected chi connectivity index (χ1v) is 5.44. The van der Waals surface area contributed by atoms with Gasteiger partial charge in [0.1, 0.15) is 0 Å². The quantitative estimate of drug-likeness (QED) is 0.802. The second-order valence-electron chi connectivity index (χ2n) is 3.38. The van der Waals surface area contributed by atoms with Crippen molar-refractivity contribution in [2.24, 2.45) is 5.73 Å². The fourth-order valence-electron chi connectivity index (χ4n) is 1.20. The number of nitrogens with two attached hydrogens (primary N) is 1. The molecule has 0 spiro atoms. The van der Waals surface area contributed by atoms with Crippen molar-refractivity contribution in [3.05, 3.63) is 35.4 Å². The molecule has 1 aromatic rings. The summed E-state index contributed by atoms with van der Waals surface area (Å²) in [6.45, 7) is 1.96. The SMILES string of the molecule is CC(N)Cc1ccc(C(Cl)(Cl)Cl)cc1. The van der Waals surface area contributed by atoms with E-state index in [1.165, 1.54) is 0 Å². The average molecular weight is 253 g/mol. The Morgan fingerprint density at radius 1 is 1.21 bits per heavy atom. The molecule has 0 bridgehead atoms. The van der Waals surface area contributed by atoms with Gasteiger partial charge in [0.15, 0.2) is 0 Å². The van der Waals surface area contributed by atoms with Crippen molar-refractivity contribution in [3.8, 4) is 0 Å². The van der Waals surface area contributed by atoms with E-state index in [1.807, 2.05) is 31.2 Å². The molecule has 4 heteroatoms. The molecule has 1 rings (SSSR count). The third-order valence-electron chi connectivity index (χ3n) is 1.84. The number of hydrogen-bond acceptors (Lipinski definition) is 1. The molecule has 0 saturated carbocycles. The van der Waals surface area contributed by atoms with Crippen molar-refractivity contribution in [1.29, 1.82) is 0 Å². The minimum atomic E-state index is -1.34. The van der Waals surface area contributed by atoms with Gasteiger partial charge >= 0.3 is 0 Å². The lowest BCUT2D eigenvalue weighted by molar-refractivity contribution is 0.738. The predicted octanol–water partition coefficient (Wildman–Crippen LogP) is 3.40. The van der Waals surface area contributed by atoms with E-state index >= 15 is 0 Å². The Bertz CT molecular complexity index is 287. The van der Waals surface area contributed by atoms with E-state index in [9.17, 15) is 0 Å². The van der Waals surface area contributed by atoms with E-state index in [0.717, 1.165) is 12.0 Å². The Balaban J connectivity index is 2.79. The summed E-state index contributed by atoms with van der Waals surface area (Å²) < 4.78 is -1.34. The second-order valence-corrected chi connectivity index (χ2v) is 5.66. The van der Waals surface area contributed by atoms with Crippen LogP contribution in [0, 0.1) is 0 Å². The molecule has 1 unspecified atom stereocenters. The first-order chi connectivity index (χ1) is 6.39. The van der Waals surface area contributed by atoms with Gasteiger partial charge in [-0.2, -0.15) is 0 Å². The normalized spacial score (nSPS) is 14.1. The van der Waals surface area contributed by atoms with Crippen LogP contribution in [-0.4, -0.2) is 6.04 Å². The van der Waals surface area contributed by atoms with Crippen molar-refractivity contribution in [2.45, 2.75) is 23.2 Å². The molecule has 2 N–H and O–H groups in total. The Hall–Kier alpha value is 0.0500. The number of hydrogen-bond donors (Lipinski definition) is 1. The highest BCUT2D eigenvalue weighted by Gasteiger charge is 2.21. The van der Waals surface area contributed by atoms with Crippen LogP contribution in [0.1, 0.15) is 18.1 Å². The van der Waals surface area contributed by atoms with Gasteiger partial charge in [-0.25, -0.2) is 0 Å². The molecule has 0 aliphatic carbocycles. The summed E-state index contributed by atoms with van der Waals surface area (Å²) >= 11 is 17.2. The van der Waals surface area contributed by atoms with Crippen LogP contribution in [0.2, 0.25) is 0 Å². The highest BCUT2D eigenvalue weighted by molar-refractivity contribution is 6.66. The lowest BCUT2D eigenvalue weighted by Crippen LogP contribution is -2.17. The zero-order valence-corrected chi connectivity index (χ0v) is 10.1. The number of alkyl halides is 3. The molecule has 0 radical (unpaired) electrons. The van der Waals surface area contributed by atoms with Crippen molar-refractivity contribution in [2.75, 3.05) is 0 Å². The largest absolute Gasteiger partial charge is 0.328 e. The molecule has 0 saturated heterocycles. The first-order valence-electron chi connectivity index (χ1n) is 4.31. The summed E-state index contributed by atoms with van der Waals surface area (Å²) in [6.07, 6.45) is 0.833. The highest BCUT2D eigenvalue weighted by atomic mass is 35.6. The maximum Gasteiger partial charge on any atom is 0.216 e. The average Bonchev–Trinajstić information content (AvgIpc) is 2.02. The van der Waals surface area contributed by atoms with Crippen molar-refractivity contribution in [3.63, 3.8) is 0 Å². The summed E-state index contributed by atoms with van der Waals surface area (Å²) in [4.78, 5) is 0. The second kappa shape index (κ2) is 4.71. The van der Waals surface area contributed by atoms with Gasteiger partial charge in [0.2, 0.25) is 3.79 Å². The highest BCUT2D eigenvalue weighted by Crippen LogP contribution is 2.37. The Kier molecular flexibility index (Phi) is 4.08. The fourth-order valence-corrected chi connectivity index (χ4v) is 1.58. The summed E-state index contributed by atoms with van der Waals surface area (Å²) in [6, 6.07) is 7.63. The van der Waals surface area contributed by atoms with E-state index in [4.69, 9.17) is 40.5 Å². The van der Waals surface area contributed by atoms with Gasteiger partial charge in [-0.05, 0) is 18.9 Å². The van der Waals surface area contributed by atoms with Gasteiger partial charge < -0.3 is 5.73 Å². The van der Waals surface area contributed by atoms with Crippen LogP contribution in [0.5, 0.6) is 0 Å². The molecular weight excluding hydrogens is 240 g/mol. The maximum atomic E-state index is 5.72. The topological polar surface area (TPSA) is 26.0 Å². The van der Waals surface area contributed by atoms with Gasteiger partial charge in [0, 0.05) is 11.6 Å². The molecule has 78 valence electrons. The lowest BCUT2D eigenvalue weighted by Gasteiger charge is -2.12. The van der Waals surface area contributed by atoms with E-state index in [-0.39, 0.29) is 6.04 Å². The van der Waals surface area contributed by atoms with Gasteiger partial charge in [0.25, 0.3) is 0 Å². The smallest absolute Gasteiger partial charge is 0.216 e. The van der Waals surface area contributed by atoms with Crippen LogP contribution in [-0.2, 0) is 10.2 Å². The molecular formula is C10H12Cl3N.